The molecule has 3 N–H and O–H groups in total. The van der Waals surface area contributed by atoms with Crippen LogP contribution in [0.4, 0.5) is 5.69 Å². The summed E-state index contributed by atoms with van der Waals surface area (Å²) in [6, 6.07) is 0. The molecule has 1 rings (SSSR count). The molecule has 0 spiro atoms. The molecular formula is C13H24N4O. The number of nitrogens with zero attached hydrogens (tertiary/aromatic N) is 2. The van der Waals surface area contributed by atoms with Gasteiger partial charge in [-0.25, -0.2) is 0 Å². The van der Waals surface area contributed by atoms with E-state index in [0.717, 1.165) is 18.5 Å². The number of hydrogen-bond donors (Lipinski definition) is 2. The van der Waals surface area contributed by atoms with Gasteiger partial charge in [-0.15, -0.1) is 0 Å². The molecule has 0 radical (unpaired) electrons. The molecule has 0 fully saturated rings. The van der Waals surface area contributed by atoms with Crippen molar-refractivity contribution in [3.8, 4) is 0 Å². The summed E-state index contributed by atoms with van der Waals surface area (Å²) in [4.78, 5) is 12.1. The number of nitrogen functional groups attached to an aromatic ring is 1. The van der Waals surface area contributed by atoms with E-state index in [1.165, 1.54) is 0 Å². The molecule has 0 saturated heterocycles. The number of amides is 1. The Bertz CT molecular complexity index is 434. The van der Waals surface area contributed by atoms with E-state index in [4.69, 9.17) is 5.73 Å². The summed E-state index contributed by atoms with van der Waals surface area (Å²) < 4.78 is 1.56. The Hall–Kier alpha value is -1.52. The molecule has 1 aromatic heterocycles. The zero-order valence-electron chi connectivity index (χ0n) is 12.0. The van der Waals surface area contributed by atoms with Crippen LogP contribution in [0.1, 0.15) is 50.3 Å². The minimum Gasteiger partial charge on any atom is -0.395 e. The smallest absolute Gasteiger partial charge is 0.271 e. The van der Waals surface area contributed by atoms with E-state index >= 15 is 0 Å². The Morgan fingerprint density at radius 2 is 2.06 bits per heavy atom. The minimum absolute atomic E-state index is 0.0939. The normalized spacial score (nSPS) is 11.6. The third-order valence-corrected chi connectivity index (χ3v) is 3.39. The Balaban J connectivity index is 2.82. The molecule has 1 amide bonds. The third-order valence-electron chi connectivity index (χ3n) is 3.39. The van der Waals surface area contributed by atoms with Crippen LogP contribution in [0.15, 0.2) is 0 Å². The number of nitrogens with two attached hydrogens (primary N) is 1. The van der Waals surface area contributed by atoms with Gasteiger partial charge in [-0.2, -0.15) is 5.10 Å². The van der Waals surface area contributed by atoms with Crippen LogP contribution < -0.4 is 11.1 Å². The fourth-order valence-electron chi connectivity index (χ4n) is 1.65. The van der Waals surface area contributed by atoms with E-state index in [9.17, 15) is 4.79 Å². The lowest BCUT2D eigenvalue weighted by Gasteiger charge is -2.22. The van der Waals surface area contributed by atoms with Gasteiger partial charge in [0.25, 0.3) is 5.91 Å². The van der Waals surface area contributed by atoms with Crippen LogP contribution in [0.5, 0.6) is 0 Å². The molecule has 0 aliphatic heterocycles. The van der Waals surface area contributed by atoms with Crippen molar-refractivity contribution in [2.75, 3.05) is 12.3 Å². The first kappa shape index (κ1) is 14.5. The van der Waals surface area contributed by atoms with Crippen molar-refractivity contribution >= 4 is 11.6 Å². The quantitative estimate of drug-likeness (QED) is 0.838. The van der Waals surface area contributed by atoms with Gasteiger partial charge in [-0.3, -0.25) is 9.48 Å². The maximum atomic E-state index is 12.1. The van der Waals surface area contributed by atoms with Gasteiger partial charge in [0.2, 0.25) is 0 Å². The summed E-state index contributed by atoms with van der Waals surface area (Å²) in [5.74, 6) is -0.149. The summed E-state index contributed by atoms with van der Waals surface area (Å²) in [7, 11) is 1.75. The Morgan fingerprint density at radius 3 is 2.50 bits per heavy atom. The standard InChI is InChI=1S/C13H24N4O/c1-6-9-10(14)11(17(5)16-9)12(18)15-8-13(3,4)7-2/h6-8,14H2,1-5H3,(H,15,18). The van der Waals surface area contributed by atoms with E-state index in [-0.39, 0.29) is 11.3 Å². The fourth-order valence-corrected chi connectivity index (χ4v) is 1.65. The Kier molecular flexibility index (Phi) is 4.38. The number of rotatable bonds is 5. The minimum atomic E-state index is -0.149. The van der Waals surface area contributed by atoms with Crippen molar-refractivity contribution in [3.05, 3.63) is 11.4 Å². The monoisotopic (exact) mass is 252 g/mol. The zero-order chi connectivity index (χ0) is 13.9. The first-order valence-corrected chi connectivity index (χ1v) is 6.42. The molecule has 0 aliphatic rings. The largest absolute Gasteiger partial charge is 0.395 e. The van der Waals surface area contributed by atoms with Crippen LogP contribution in [-0.4, -0.2) is 22.2 Å². The zero-order valence-corrected chi connectivity index (χ0v) is 12.0. The molecule has 1 heterocycles. The highest BCUT2D eigenvalue weighted by Crippen LogP contribution is 2.20. The van der Waals surface area contributed by atoms with Crippen molar-refractivity contribution in [2.24, 2.45) is 12.5 Å². The van der Waals surface area contributed by atoms with E-state index in [1.54, 1.807) is 11.7 Å². The maximum Gasteiger partial charge on any atom is 0.271 e. The molecule has 5 nitrogen and oxygen atoms in total. The summed E-state index contributed by atoms with van der Waals surface area (Å²) in [6.07, 6.45) is 1.74. The fraction of sp³-hybridized carbons (Fsp3) is 0.692. The van der Waals surface area contributed by atoms with Crippen molar-refractivity contribution < 1.29 is 4.79 Å². The number of carbonyl (C=O) groups excluding carboxylic acids is 1. The van der Waals surface area contributed by atoms with Crippen LogP contribution in [0.3, 0.4) is 0 Å². The van der Waals surface area contributed by atoms with Crippen LogP contribution in [0.25, 0.3) is 0 Å². The highest BCUT2D eigenvalue weighted by Gasteiger charge is 2.21. The molecule has 0 aliphatic carbocycles. The molecule has 18 heavy (non-hydrogen) atoms. The summed E-state index contributed by atoms with van der Waals surface area (Å²) in [6.45, 7) is 8.96. The number of carbonyl (C=O) groups is 1. The highest BCUT2D eigenvalue weighted by molar-refractivity contribution is 5.98. The average Bonchev–Trinajstić information content (AvgIpc) is 2.61. The topological polar surface area (TPSA) is 72.9 Å². The van der Waals surface area contributed by atoms with Crippen molar-refractivity contribution in [1.29, 1.82) is 0 Å². The predicted molar refractivity (Wildman–Crippen MR) is 73.4 cm³/mol. The van der Waals surface area contributed by atoms with E-state index in [2.05, 4.69) is 31.2 Å². The molecule has 102 valence electrons. The second kappa shape index (κ2) is 5.42. The number of aryl methyl sites for hydroxylation is 2. The Labute approximate surface area is 109 Å². The van der Waals surface area contributed by atoms with Crippen molar-refractivity contribution in [3.63, 3.8) is 0 Å². The number of aromatic nitrogens is 2. The number of nitrogens with one attached hydrogen (secondary N) is 1. The van der Waals surface area contributed by atoms with Gasteiger partial charge in [0.1, 0.15) is 5.69 Å². The van der Waals surface area contributed by atoms with Crippen LogP contribution in [0, 0.1) is 5.41 Å². The van der Waals surface area contributed by atoms with Gasteiger partial charge >= 0.3 is 0 Å². The van der Waals surface area contributed by atoms with Crippen molar-refractivity contribution in [1.82, 2.24) is 15.1 Å². The van der Waals surface area contributed by atoms with Gasteiger partial charge in [0.05, 0.1) is 11.4 Å². The maximum absolute atomic E-state index is 12.1. The average molecular weight is 252 g/mol. The van der Waals surface area contributed by atoms with Gasteiger partial charge in [0, 0.05) is 13.6 Å². The molecule has 0 bridgehead atoms. The predicted octanol–water partition coefficient (Wildman–Crippen LogP) is 1.73. The first-order valence-electron chi connectivity index (χ1n) is 6.42. The lowest BCUT2D eigenvalue weighted by atomic mass is 9.90. The van der Waals surface area contributed by atoms with E-state index in [0.29, 0.717) is 17.9 Å². The second-order valence-electron chi connectivity index (χ2n) is 5.39. The Morgan fingerprint density at radius 1 is 1.44 bits per heavy atom. The summed E-state index contributed by atoms with van der Waals surface area (Å²) >= 11 is 0. The van der Waals surface area contributed by atoms with Gasteiger partial charge in [0.15, 0.2) is 0 Å². The van der Waals surface area contributed by atoms with Crippen LogP contribution in [0.2, 0.25) is 0 Å². The van der Waals surface area contributed by atoms with E-state index < -0.39 is 0 Å². The van der Waals surface area contributed by atoms with Crippen LogP contribution >= 0.6 is 0 Å². The van der Waals surface area contributed by atoms with Crippen LogP contribution in [-0.2, 0) is 13.5 Å². The second-order valence-corrected chi connectivity index (χ2v) is 5.39. The molecule has 0 unspecified atom stereocenters. The molecule has 0 atom stereocenters. The summed E-state index contributed by atoms with van der Waals surface area (Å²) in [5.41, 5.74) is 7.76. The first-order chi connectivity index (χ1) is 8.32. The highest BCUT2D eigenvalue weighted by atomic mass is 16.2. The summed E-state index contributed by atoms with van der Waals surface area (Å²) in [5, 5.41) is 7.17. The van der Waals surface area contributed by atoms with E-state index in [1.807, 2.05) is 6.92 Å². The lowest BCUT2D eigenvalue weighted by molar-refractivity contribution is 0.0927. The molecule has 1 aromatic rings. The third kappa shape index (κ3) is 3.03. The molecule has 0 aromatic carbocycles. The van der Waals surface area contributed by atoms with Gasteiger partial charge in [-0.05, 0) is 18.3 Å². The van der Waals surface area contributed by atoms with Gasteiger partial charge in [-0.1, -0.05) is 27.7 Å². The molecule has 0 saturated carbocycles. The number of anilines is 1. The van der Waals surface area contributed by atoms with Crippen molar-refractivity contribution in [2.45, 2.75) is 40.5 Å². The lowest BCUT2D eigenvalue weighted by Crippen LogP contribution is -2.34. The molecule has 5 heteroatoms. The number of hydrogen-bond acceptors (Lipinski definition) is 3. The molecular weight excluding hydrogens is 228 g/mol. The SMILES string of the molecule is CCc1nn(C)c(C(=O)NCC(C)(C)CC)c1N. The van der Waals surface area contributed by atoms with Gasteiger partial charge < -0.3 is 11.1 Å².